The Labute approximate surface area is 117 Å². The lowest BCUT2D eigenvalue weighted by molar-refractivity contribution is 0.132. The molecule has 0 saturated heterocycles. The van der Waals surface area contributed by atoms with Crippen molar-refractivity contribution in [2.75, 3.05) is 0 Å². The second-order valence-corrected chi connectivity index (χ2v) is 5.25. The number of benzene rings is 1. The molecule has 0 aliphatic carbocycles. The van der Waals surface area contributed by atoms with Crippen molar-refractivity contribution >= 4 is 34.8 Å². The van der Waals surface area contributed by atoms with E-state index in [0.717, 1.165) is 12.8 Å². The quantitative estimate of drug-likeness (QED) is 0.800. The van der Waals surface area contributed by atoms with Crippen LogP contribution in [0.2, 0.25) is 15.1 Å². The number of rotatable bonds is 5. The number of aliphatic hydroxyl groups is 1. The second-order valence-electron chi connectivity index (χ2n) is 4.03. The smallest absolute Gasteiger partial charge is 0.0733 e. The predicted octanol–water partition coefficient (Wildman–Crippen LogP) is 4.20. The normalized spacial score (nSPS) is 14.7. The molecule has 1 aromatic carbocycles. The number of hydrogen-bond donors (Lipinski definition) is 2. The van der Waals surface area contributed by atoms with Crippen LogP contribution in [0.4, 0.5) is 0 Å². The number of nitrogens with two attached hydrogens (primary N) is 1. The summed E-state index contributed by atoms with van der Waals surface area (Å²) in [7, 11) is 0. The molecule has 1 aromatic rings. The summed E-state index contributed by atoms with van der Waals surface area (Å²) in [6, 6.07) is 2.64. The highest BCUT2D eigenvalue weighted by Gasteiger charge is 2.20. The second kappa shape index (κ2) is 6.81. The van der Waals surface area contributed by atoms with Gasteiger partial charge in [-0.3, -0.25) is 0 Å². The first-order valence-electron chi connectivity index (χ1n) is 5.55. The summed E-state index contributed by atoms with van der Waals surface area (Å²) >= 11 is 17.9. The summed E-state index contributed by atoms with van der Waals surface area (Å²) in [5.74, 6) is 0. The molecule has 0 aliphatic heterocycles. The van der Waals surface area contributed by atoms with Crippen LogP contribution in [-0.2, 0) is 0 Å². The Kier molecular flexibility index (Phi) is 6.04. The van der Waals surface area contributed by atoms with Gasteiger partial charge in [0.2, 0.25) is 0 Å². The van der Waals surface area contributed by atoms with E-state index in [1.54, 1.807) is 12.1 Å². The topological polar surface area (TPSA) is 46.2 Å². The first kappa shape index (κ1) is 15.1. The number of halogens is 3. The zero-order valence-corrected chi connectivity index (χ0v) is 11.9. The molecule has 0 saturated carbocycles. The summed E-state index contributed by atoms with van der Waals surface area (Å²) < 4.78 is 0. The molecule has 0 radical (unpaired) electrons. The molecule has 96 valence electrons. The van der Waals surface area contributed by atoms with E-state index in [-0.39, 0.29) is 0 Å². The van der Waals surface area contributed by atoms with E-state index in [0.29, 0.717) is 27.1 Å². The molecule has 0 aromatic heterocycles. The lowest BCUT2D eigenvalue weighted by Gasteiger charge is -2.20. The maximum Gasteiger partial charge on any atom is 0.0733 e. The van der Waals surface area contributed by atoms with Crippen LogP contribution in [0.5, 0.6) is 0 Å². The molecule has 0 unspecified atom stereocenters. The molecular formula is C12H16Cl3NO. The Morgan fingerprint density at radius 2 is 1.94 bits per heavy atom. The molecule has 0 amide bonds. The van der Waals surface area contributed by atoms with Crippen molar-refractivity contribution in [3.8, 4) is 0 Å². The molecule has 17 heavy (non-hydrogen) atoms. The van der Waals surface area contributed by atoms with E-state index in [9.17, 15) is 5.11 Å². The third-order valence-electron chi connectivity index (χ3n) is 2.65. The van der Waals surface area contributed by atoms with E-state index in [4.69, 9.17) is 40.5 Å². The van der Waals surface area contributed by atoms with Crippen molar-refractivity contribution in [3.63, 3.8) is 0 Å². The standard InChI is InChI=1S/C12H16Cl3NO/c1-2-3-4-10(17)12(16)8-5-7(13)6-9(14)11(8)15/h5-6,10,12,17H,2-4,16H2,1H3/t10-,12+/m0/s1. The van der Waals surface area contributed by atoms with Gasteiger partial charge in [-0.1, -0.05) is 54.6 Å². The summed E-state index contributed by atoms with van der Waals surface area (Å²) in [5, 5.41) is 11.1. The highest BCUT2D eigenvalue weighted by molar-refractivity contribution is 6.43. The van der Waals surface area contributed by atoms with Gasteiger partial charge in [0, 0.05) is 5.02 Å². The average molecular weight is 297 g/mol. The molecule has 3 N–H and O–H groups in total. The zero-order chi connectivity index (χ0) is 13.0. The van der Waals surface area contributed by atoms with Gasteiger partial charge in [-0.2, -0.15) is 0 Å². The third kappa shape index (κ3) is 4.01. The maximum absolute atomic E-state index is 9.94. The van der Waals surface area contributed by atoms with Crippen molar-refractivity contribution in [1.29, 1.82) is 0 Å². The Bertz CT molecular complexity index is 384. The van der Waals surface area contributed by atoms with Gasteiger partial charge in [0.25, 0.3) is 0 Å². The largest absolute Gasteiger partial charge is 0.391 e. The lowest BCUT2D eigenvalue weighted by atomic mass is 9.98. The summed E-state index contributed by atoms with van der Waals surface area (Å²) in [6.07, 6.45) is 1.93. The van der Waals surface area contributed by atoms with Gasteiger partial charge in [-0.25, -0.2) is 0 Å². The number of unbranched alkanes of at least 4 members (excludes halogenated alkanes) is 1. The SMILES string of the molecule is CCCC[C@H](O)[C@H](N)c1cc(Cl)cc(Cl)c1Cl. The first-order chi connectivity index (χ1) is 7.97. The van der Waals surface area contributed by atoms with Crippen LogP contribution in [0.15, 0.2) is 12.1 Å². The zero-order valence-electron chi connectivity index (χ0n) is 9.59. The van der Waals surface area contributed by atoms with Gasteiger partial charge < -0.3 is 10.8 Å². The third-order valence-corrected chi connectivity index (χ3v) is 3.68. The van der Waals surface area contributed by atoms with Crippen LogP contribution in [0, 0.1) is 0 Å². The Morgan fingerprint density at radius 1 is 1.29 bits per heavy atom. The predicted molar refractivity (Wildman–Crippen MR) is 73.9 cm³/mol. The molecular weight excluding hydrogens is 280 g/mol. The Hall–Kier alpha value is 0.01000. The average Bonchev–Trinajstić information content (AvgIpc) is 2.29. The van der Waals surface area contributed by atoms with Crippen molar-refractivity contribution in [2.45, 2.75) is 38.3 Å². The summed E-state index contributed by atoms with van der Waals surface area (Å²) in [6.45, 7) is 2.06. The number of hydrogen-bond acceptors (Lipinski definition) is 2. The molecule has 0 fully saturated rings. The van der Waals surface area contributed by atoms with Gasteiger partial charge in [-0.05, 0) is 24.1 Å². The fraction of sp³-hybridized carbons (Fsp3) is 0.500. The van der Waals surface area contributed by atoms with Gasteiger partial charge in [0.05, 0.1) is 22.2 Å². The summed E-state index contributed by atoms with van der Waals surface area (Å²) in [4.78, 5) is 0. The maximum atomic E-state index is 9.94. The monoisotopic (exact) mass is 295 g/mol. The van der Waals surface area contributed by atoms with Crippen LogP contribution in [0.25, 0.3) is 0 Å². The molecule has 2 atom stereocenters. The van der Waals surface area contributed by atoms with Gasteiger partial charge in [-0.15, -0.1) is 0 Å². The van der Waals surface area contributed by atoms with E-state index in [1.165, 1.54) is 0 Å². The van der Waals surface area contributed by atoms with Gasteiger partial charge in [0.1, 0.15) is 0 Å². The van der Waals surface area contributed by atoms with Crippen molar-refractivity contribution < 1.29 is 5.11 Å². The van der Waals surface area contributed by atoms with Crippen LogP contribution >= 0.6 is 34.8 Å². The Balaban J connectivity index is 2.91. The highest BCUT2D eigenvalue weighted by Crippen LogP contribution is 2.34. The highest BCUT2D eigenvalue weighted by atomic mass is 35.5. The van der Waals surface area contributed by atoms with Crippen LogP contribution in [0.3, 0.4) is 0 Å². The van der Waals surface area contributed by atoms with Crippen molar-refractivity contribution in [2.24, 2.45) is 5.73 Å². The fourth-order valence-electron chi connectivity index (χ4n) is 1.62. The summed E-state index contributed by atoms with van der Waals surface area (Å²) in [5.41, 5.74) is 6.56. The van der Waals surface area contributed by atoms with Crippen LogP contribution in [0.1, 0.15) is 37.8 Å². The van der Waals surface area contributed by atoms with E-state index >= 15 is 0 Å². The van der Waals surface area contributed by atoms with Gasteiger partial charge >= 0.3 is 0 Å². The van der Waals surface area contributed by atoms with E-state index in [2.05, 4.69) is 6.92 Å². The molecule has 0 heterocycles. The van der Waals surface area contributed by atoms with Crippen molar-refractivity contribution in [1.82, 2.24) is 0 Å². The lowest BCUT2D eigenvalue weighted by Crippen LogP contribution is -2.26. The minimum atomic E-state index is -0.637. The molecule has 2 nitrogen and oxygen atoms in total. The van der Waals surface area contributed by atoms with Gasteiger partial charge in [0.15, 0.2) is 0 Å². The molecule has 0 aliphatic rings. The number of aliphatic hydroxyl groups excluding tert-OH is 1. The molecule has 5 heteroatoms. The molecule has 1 rings (SSSR count). The van der Waals surface area contributed by atoms with Crippen molar-refractivity contribution in [3.05, 3.63) is 32.8 Å². The van der Waals surface area contributed by atoms with E-state index in [1.807, 2.05) is 0 Å². The Morgan fingerprint density at radius 3 is 2.53 bits per heavy atom. The minimum Gasteiger partial charge on any atom is -0.391 e. The first-order valence-corrected chi connectivity index (χ1v) is 6.68. The van der Waals surface area contributed by atoms with Crippen LogP contribution < -0.4 is 5.73 Å². The molecule has 0 bridgehead atoms. The molecule has 0 spiro atoms. The minimum absolute atomic E-state index is 0.354. The fourth-order valence-corrected chi connectivity index (χ4v) is 2.36. The van der Waals surface area contributed by atoms with Crippen LogP contribution in [-0.4, -0.2) is 11.2 Å². The van der Waals surface area contributed by atoms with E-state index < -0.39 is 12.1 Å².